The highest BCUT2D eigenvalue weighted by Crippen LogP contribution is 2.24. The molecule has 3 nitrogen and oxygen atoms in total. The van der Waals surface area contributed by atoms with E-state index in [0.29, 0.717) is 0 Å². The molecule has 5 heteroatoms. The quantitative estimate of drug-likeness (QED) is 0.916. The van der Waals surface area contributed by atoms with Gasteiger partial charge in [-0.1, -0.05) is 30.3 Å². The number of nitrogens with zero attached hydrogens (tertiary/aromatic N) is 1. The lowest BCUT2D eigenvalue weighted by Crippen LogP contribution is -2.32. The normalized spacial score (nSPS) is 13.4. The maximum absolute atomic E-state index is 13.8. The molecule has 0 fully saturated rings. The van der Waals surface area contributed by atoms with E-state index in [0.717, 1.165) is 23.8 Å². The molecule has 2 N–H and O–H groups in total. The first-order valence-corrected chi connectivity index (χ1v) is 7.41. The molecule has 122 valence electrons. The molecule has 0 spiro atoms. The van der Waals surface area contributed by atoms with Crippen LogP contribution in [0.2, 0.25) is 0 Å². The summed E-state index contributed by atoms with van der Waals surface area (Å²) < 4.78 is 27.2. The van der Waals surface area contributed by atoms with E-state index in [4.69, 9.17) is 5.73 Å². The molecule has 1 amide bonds. The second-order valence-corrected chi connectivity index (χ2v) is 5.57. The molecule has 23 heavy (non-hydrogen) atoms. The molecule has 0 aliphatic carbocycles. The van der Waals surface area contributed by atoms with Gasteiger partial charge in [0.05, 0.1) is 6.04 Å². The summed E-state index contributed by atoms with van der Waals surface area (Å²) in [6.07, 6.45) is 0.0990. The number of hydrogen-bond acceptors (Lipinski definition) is 2. The van der Waals surface area contributed by atoms with Crippen LogP contribution < -0.4 is 5.73 Å². The van der Waals surface area contributed by atoms with Crippen LogP contribution in [0.15, 0.2) is 48.5 Å². The van der Waals surface area contributed by atoms with Gasteiger partial charge in [-0.25, -0.2) is 8.78 Å². The maximum Gasteiger partial charge on any atom is 0.224 e. The van der Waals surface area contributed by atoms with E-state index >= 15 is 0 Å². The highest BCUT2D eigenvalue weighted by atomic mass is 19.1. The number of halogens is 2. The van der Waals surface area contributed by atoms with Crippen LogP contribution in [0.25, 0.3) is 0 Å². The first-order valence-electron chi connectivity index (χ1n) is 7.41. The van der Waals surface area contributed by atoms with Gasteiger partial charge >= 0.3 is 0 Å². The number of hydrogen-bond donors (Lipinski definition) is 1. The number of carbonyl (C=O) groups excluding carboxylic acids is 1. The third kappa shape index (κ3) is 4.13. The molecule has 0 aromatic heterocycles. The Morgan fingerprint density at radius 3 is 2.48 bits per heavy atom. The lowest BCUT2D eigenvalue weighted by atomic mass is 10.0. The highest BCUT2D eigenvalue weighted by Gasteiger charge is 2.22. The Balaban J connectivity index is 2.08. The Morgan fingerprint density at radius 1 is 1.17 bits per heavy atom. The Bertz CT molecular complexity index is 676. The molecule has 0 aliphatic rings. The summed E-state index contributed by atoms with van der Waals surface area (Å²) in [5, 5.41) is 0. The van der Waals surface area contributed by atoms with Crippen LogP contribution in [0.3, 0.4) is 0 Å². The number of benzene rings is 2. The van der Waals surface area contributed by atoms with Gasteiger partial charge in [-0.05, 0) is 30.7 Å². The summed E-state index contributed by atoms with van der Waals surface area (Å²) in [7, 11) is 1.56. The summed E-state index contributed by atoms with van der Waals surface area (Å²) >= 11 is 0. The average Bonchev–Trinajstić information content (AvgIpc) is 2.56. The van der Waals surface area contributed by atoms with E-state index in [1.807, 2.05) is 30.3 Å². The van der Waals surface area contributed by atoms with E-state index in [-0.39, 0.29) is 17.9 Å². The van der Waals surface area contributed by atoms with Gasteiger partial charge in [0.15, 0.2) is 0 Å². The van der Waals surface area contributed by atoms with Crippen molar-refractivity contribution >= 4 is 5.91 Å². The van der Waals surface area contributed by atoms with Crippen LogP contribution in [-0.2, 0) is 4.79 Å². The number of rotatable bonds is 5. The molecule has 2 aromatic carbocycles. The SMILES string of the molecule is C[C@H](c1cc(F)ccc1F)N(C)C(=O)C[C@@H](N)c1ccccc1. The Morgan fingerprint density at radius 2 is 1.83 bits per heavy atom. The van der Waals surface area contributed by atoms with Crippen molar-refractivity contribution in [1.82, 2.24) is 4.90 Å². The minimum atomic E-state index is -0.582. The zero-order valence-electron chi connectivity index (χ0n) is 13.2. The van der Waals surface area contributed by atoms with Gasteiger partial charge in [0, 0.05) is 25.1 Å². The van der Waals surface area contributed by atoms with Crippen LogP contribution in [0, 0.1) is 11.6 Å². The third-order valence-electron chi connectivity index (χ3n) is 4.00. The number of carbonyl (C=O) groups is 1. The summed E-state index contributed by atoms with van der Waals surface area (Å²) in [5.74, 6) is -1.29. The number of amides is 1. The fourth-order valence-corrected chi connectivity index (χ4v) is 2.41. The first kappa shape index (κ1) is 17.1. The second kappa shape index (κ2) is 7.33. The van der Waals surface area contributed by atoms with Gasteiger partial charge in [0.25, 0.3) is 0 Å². The summed E-state index contributed by atoms with van der Waals surface area (Å²) in [6.45, 7) is 1.66. The van der Waals surface area contributed by atoms with E-state index in [9.17, 15) is 13.6 Å². The van der Waals surface area contributed by atoms with Crippen LogP contribution >= 0.6 is 0 Å². The molecule has 2 atom stereocenters. The molecule has 0 saturated heterocycles. The predicted molar refractivity (Wildman–Crippen MR) is 85.5 cm³/mol. The third-order valence-corrected chi connectivity index (χ3v) is 4.00. The maximum atomic E-state index is 13.8. The summed E-state index contributed by atoms with van der Waals surface area (Å²) in [4.78, 5) is 13.8. The minimum absolute atomic E-state index is 0.0990. The molecule has 0 bridgehead atoms. The second-order valence-electron chi connectivity index (χ2n) is 5.57. The highest BCUT2D eigenvalue weighted by molar-refractivity contribution is 5.77. The van der Waals surface area contributed by atoms with Gasteiger partial charge in [0.1, 0.15) is 11.6 Å². The zero-order valence-corrected chi connectivity index (χ0v) is 13.2. The van der Waals surface area contributed by atoms with Gasteiger partial charge in [-0.15, -0.1) is 0 Å². The fourth-order valence-electron chi connectivity index (χ4n) is 2.41. The van der Waals surface area contributed by atoms with Crippen molar-refractivity contribution in [3.8, 4) is 0 Å². The molecule has 0 radical (unpaired) electrons. The molecule has 0 saturated carbocycles. The largest absolute Gasteiger partial charge is 0.339 e. The van der Waals surface area contributed by atoms with Crippen molar-refractivity contribution in [3.05, 3.63) is 71.3 Å². The fraction of sp³-hybridized carbons (Fsp3) is 0.278. The number of nitrogens with two attached hydrogens (primary N) is 1. The van der Waals surface area contributed by atoms with Crippen molar-refractivity contribution in [3.63, 3.8) is 0 Å². The minimum Gasteiger partial charge on any atom is -0.339 e. The van der Waals surface area contributed by atoms with E-state index in [2.05, 4.69) is 0 Å². The topological polar surface area (TPSA) is 46.3 Å². The van der Waals surface area contributed by atoms with Crippen LogP contribution in [0.5, 0.6) is 0 Å². The Kier molecular flexibility index (Phi) is 5.45. The standard InChI is InChI=1S/C18H20F2N2O/c1-12(15-10-14(19)8-9-16(15)20)22(2)18(23)11-17(21)13-6-4-3-5-7-13/h3-10,12,17H,11,21H2,1-2H3/t12-,17-/m1/s1. The molecule has 0 heterocycles. The Hall–Kier alpha value is -2.27. The lowest BCUT2D eigenvalue weighted by molar-refractivity contribution is -0.132. The van der Waals surface area contributed by atoms with E-state index in [1.54, 1.807) is 14.0 Å². The van der Waals surface area contributed by atoms with Gasteiger partial charge in [0.2, 0.25) is 5.91 Å². The molecular weight excluding hydrogens is 298 g/mol. The van der Waals surface area contributed by atoms with Crippen molar-refractivity contribution in [2.24, 2.45) is 5.73 Å². The Labute approximate surface area is 134 Å². The molecular formula is C18H20F2N2O. The van der Waals surface area contributed by atoms with Gasteiger partial charge < -0.3 is 10.6 Å². The molecule has 2 rings (SSSR count). The van der Waals surface area contributed by atoms with Crippen molar-refractivity contribution < 1.29 is 13.6 Å². The smallest absolute Gasteiger partial charge is 0.224 e. The predicted octanol–water partition coefficient (Wildman–Crippen LogP) is 3.57. The van der Waals surface area contributed by atoms with Crippen LogP contribution in [0.1, 0.15) is 36.6 Å². The van der Waals surface area contributed by atoms with Crippen molar-refractivity contribution in [2.75, 3.05) is 7.05 Å². The van der Waals surface area contributed by atoms with Gasteiger partial charge in [-0.3, -0.25) is 4.79 Å². The molecule has 0 unspecified atom stereocenters. The molecule has 0 aliphatic heterocycles. The summed E-state index contributed by atoms with van der Waals surface area (Å²) in [5.41, 5.74) is 7.05. The van der Waals surface area contributed by atoms with Crippen molar-refractivity contribution in [1.29, 1.82) is 0 Å². The van der Waals surface area contributed by atoms with Crippen molar-refractivity contribution in [2.45, 2.75) is 25.4 Å². The van der Waals surface area contributed by atoms with Crippen LogP contribution in [-0.4, -0.2) is 17.9 Å². The van der Waals surface area contributed by atoms with Crippen LogP contribution in [0.4, 0.5) is 8.78 Å². The molecule has 2 aromatic rings. The monoisotopic (exact) mass is 318 g/mol. The first-order chi connectivity index (χ1) is 10.9. The average molecular weight is 318 g/mol. The van der Waals surface area contributed by atoms with E-state index in [1.165, 1.54) is 4.90 Å². The zero-order chi connectivity index (χ0) is 17.0. The lowest BCUT2D eigenvalue weighted by Gasteiger charge is -2.27. The van der Waals surface area contributed by atoms with E-state index < -0.39 is 23.7 Å². The van der Waals surface area contributed by atoms with Gasteiger partial charge in [-0.2, -0.15) is 0 Å². The summed E-state index contributed by atoms with van der Waals surface area (Å²) in [6, 6.07) is 11.5.